The standard InChI is InChI=1S/2C22H36ClN3O2S2.2C16H21Cl2NO2.2C14H18ClNO2/c2*1-28-22(27)21-17-26(12-7-20(21)18-3-5-19(23)6-4-18)11-2-10-25(14-16-30)13-8-24-9-15-29;2*1-21-16(20)15-11-19(9-2-8-17)10-7-14(15)12-3-5-13(18)6-4-12;2*1-16-8-7-12(13(9-16)14(17)18-2)10-3-5-11(15)6-4-10/h2*3-6,20-21,24,29-30H,2,7-17H2,1H3;2*3-6,14-15H,2,7-11H2,1H3;2*3-6,12-13H,7-9H2,1-2H3/t20?,21-;;14?,15-;;12?,13-;/m0.0.0./s1. The van der Waals surface area contributed by atoms with Crippen LogP contribution in [0.25, 0.3) is 0 Å². The minimum atomic E-state index is -0.135. The molecule has 12 atom stereocenters. The summed E-state index contributed by atoms with van der Waals surface area (Å²) in [6, 6.07) is 46.9. The van der Waals surface area contributed by atoms with Crippen LogP contribution in [0.15, 0.2) is 146 Å². The molecule has 138 heavy (non-hydrogen) atoms. The number of carbonyl (C=O) groups excluding carboxylic acids is 6. The first-order chi connectivity index (χ1) is 66.7. The molecule has 12 rings (SSSR count). The molecule has 2 N–H and O–H groups in total. The predicted molar refractivity (Wildman–Crippen MR) is 581 cm³/mol. The molecule has 6 aromatic carbocycles. The molecule has 22 nitrogen and oxygen atoms in total. The van der Waals surface area contributed by atoms with Crippen LogP contribution in [-0.2, 0) is 57.2 Å². The fourth-order valence-electron chi connectivity index (χ4n) is 19.6. The number of thiol groups is 4. The quantitative estimate of drug-likeness (QED) is 0.00695. The van der Waals surface area contributed by atoms with E-state index in [4.69, 9.17) is 121 Å². The zero-order valence-corrected chi connectivity index (χ0v) is 91.4. The van der Waals surface area contributed by atoms with Gasteiger partial charge in [-0.3, -0.25) is 28.8 Å². The second-order valence-electron chi connectivity index (χ2n) is 36.1. The van der Waals surface area contributed by atoms with E-state index in [0.29, 0.717) is 21.8 Å². The van der Waals surface area contributed by atoms with E-state index in [1.165, 1.54) is 64.9 Å². The van der Waals surface area contributed by atoms with Gasteiger partial charge in [0.15, 0.2) is 0 Å². The van der Waals surface area contributed by atoms with Gasteiger partial charge in [-0.2, -0.15) is 50.5 Å². The zero-order valence-electron chi connectivity index (χ0n) is 81.8. The van der Waals surface area contributed by atoms with Gasteiger partial charge in [0.1, 0.15) is 0 Å². The van der Waals surface area contributed by atoms with E-state index in [1.807, 2.05) is 160 Å². The van der Waals surface area contributed by atoms with Gasteiger partial charge in [-0.25, -0.2) is 0 Å². The lowest BCUT2D eigenvalue weighted by Crippen LogP contribution is -2.44. The number of methoxy groups -OCH3 is 6. The van der Waals surface area contributed by atoms with Crippen LogP contribution in [0.1, 0.15) is 133 Å². The highest BCUT2D eigenvalue weighted by Crippen LogP contribution is 2.41. The molecule has 6 aromatic rings. The normalized spacial score (nSPS) is 22.1. The first kappa shape index (κ1) is 120. The summed E-state index contributed by atoms with van der Waals surface area (Å²) in [7, 11) is 12.9. The Morgan fingerprint density at radius 1 is 0.290 bits per heavy atom. The number of alkyl halides is 2. The van der Waals surface area contributed by atoms with Crippen molar-refractivity contribution in [3.63, 3.8) is 0 Å². The summed E-state index contributed by atoms with van der Waals surface area (Å²) in [5.74, 6) is 4.53. The Morgan fingerprint density at radius 2 is 0.493 bits per heavy atom. The lowest BCUT2D eigenvalue weighted by Gasteiger charge is -2.37. The highest BCUT2D eigenvalue weighted by molar-refractivity contribution is 7.80. The van der Waals surface area contributed by atoms with Crippen molar-refractivity contribution in [3.8, 4) is 0 Å². The van der Waals surface area contributed by atoms with E-state index in [0.717, 1.165) is 289 Å². The van der Waals surface area contributed by atoms with Crippen LogP contribution in [0.3, 0.4) is 0 Å². The minimum absolute atomic E-state index is 0.0880. The molecule has 6 aliphatic heterocycles. The van der Waals surface area contributed by atoms with Crippen LogP contribution >= 0.6 is 143 Å². The average Bonchev–Trinajstić information content (AvgIpc) is 0.874. The maximum absolute atomic E-state index is 12.5. The van der Waals surface area contributed by atoms with Crippen LogP contribution in [-0.4, -0.2) is 337 Å². The zero-order chi connectivity index (χ0) is 100. The van der Waals surface area contributed by atoms with Crippen molar-refractivity contribution in [2.75, 3.05) is 262 Å². The average molecular weight is 2140 g/mol. The molecule has 0 radical (unpaired) electrons. The summed E-state index contributed by atoms with van der Waals surface area (Å²) in [5.41, 5.74) is 7.00. The van der Waals surface area contributed by atoms with Gasteiger partial charge in [-0.05, 0) is 299 Å². The summed E-state index contributed by atoms with van der Waals surface area (Å²) >= 11 is 64.5. The number of nitrogens with zero attached hydrogens (tertiary/aromatic N) is 8. The monoisotopic (exact) mass is 2140 g/mol. The lowest BCUT2D eigenvalue weighted by atomic mass is 9.80. The number of likely N-dealkylation sites (tertiary alicyclic amines) is 6. The van der Waals surface area contributed by atoms with Gasteiger partial charge < -0.3 is 78.3 Å². The van der Waals surface area contributed by atoms with Gasteiger partial charge in [-0.1, -0.05) is 142 Å². The number of nitrogens with one attached hydrogen (secondary N) is 2. The number of piperidine rings is 6. The molecule has 0 spiro atoms. The van der Waals surface area contributed by atoms with Crippen LogP contribution in [0.4, 0.5) is 0 Å². The van der Waals surface area contributed by atoms with E-state index in [2.05, 4.69) is 100 Å². The van der Waals surface area contributed by atoms with Gasteiger partial charge in [0.05, 0.1) is 78.2 Å². The Hall–Kier alpha value is -4.54. The molecule has 0 amide bonds. The molecule has 0 saturated carbocycles. The molecular formula is C104H150Cl8N10O12S4. The van der Waals surface area contributed by atoms with Gasteiger partial charge >= 0.3 is 35.8 Å². The van der Waals surface area contributed by atoms with E-state index in [9.17, 15) is 28.8 Å². The largest absolute Gasteiger partial charge is 0.469 e. The maximum atomic E-state index is 12.5. The third-order valence-corrected chi connectivity index (χ3v) is 29.9. The fourth-order valence-corrected chi connectivity index (χ4v) is 21.4. The molecule has 6 saturated heterocycles. The molecule has 0 aliphatic carbocycles. The van der Waals surface area contributed by atoms with Gasteiger partial charge in [0, 0.05) is 157 Å². The van der Waals surface area contributed by atoms with Gasteiger partial charge in [-0.15, -0.1) is 23.2 Å². The number of hydrogen-bond acceptors (Lipinski definition) is 26. The molecule has 6 fully saturated rings. The Morgan fingerprint density at radius 3 is 0.688 bits per heavy atom. The molecule has 0 aromatic heterocycles. The first-order valence-corrected chi connectivity index (χ1v) is 54.3. The Bertz CT molecular complexity index is 4160. The summed E-state index contributed by atoms with van der Waals surface area (Å²) in [6.45, 7) is 24.2. The van der Waals surface area contributed by atoms with Gasteiger partial charge in [0.25, 0.3) is 0 Å². The van der Waals surface area contributed by atoms with Crippen molar-refractivity contribution in [3.05, 3.63) is 209 Å². The van der Waals surface area contributed by atoms with Crippen molar-refractivity contribution in [1.29, 1.82) is 0 Å². The maximum Gasteiger partial charge on any atom is 0.310 e. The van der Waals surface area contributed by atoms with Crippen molar-refractivity contribution >= 4 is 179 Å². The Balaban J connectivity index is 0.000000228. The van der Waals surface area contributed by atoms with Crippen LogP contribution < -0.4 is 10.6 Å². The highest BCUT2D eigenvalue weighted by atomic mass is 35.5. The molecule has 9 unspecified atom stereocenters. The predicted octanol–water partition coefficient (Wildman–Crippen LogP) is 18.3. The van der Waals surface area contributed by atoms with E-state index < -0.39 is 0 Å². The van der Waals surface area contributed by atoms with Crippen molar-refractivity contribution in [2.24, 2.45) is 35.5 Å². The Kier molecular flexibility index (Phi) is 59.3. The summed E-state index contributed by atoms with van der Waals surface area (Å²) in [5, 5.41) is 11.1. The van der Waals surface area contributed by atoms with Crippen LogP contribution in [0.2, 0.25) is 30.1 Å². The second kappa shape index (κ2) is 68.0. The molecule has 0 bridgehead atoms. The van der Waals surface area contributed by atoms with Crippen molar-refractivity contribution in [2.45, 2.75) is 99.7 Å². The lowest BCUT2D eigenvalue weighted by molar-refractivity contribution is -0.149. The number of esters is 6. The number of hydrogen-bond donors (Lipinski definition) is 6. The molecule has 768 valence electrons. The third-order valence-electron chi connectivity index (χ3n) is 27.0. The number of ether oxygens (including phenoxy) is 6. The molecular weight excluding hydrogens is 1990 g/mol. The fraction of sp³-hybridized carbons (Fsp3) is 0.596. The van der Waals surface area contributed by atoms with E-state index in [1.54, 1.807) is 0 Å². The highest BCUT2D eigenvalue weighted by Gasteiger charge is 2.42. The van der Waals surface area contributed by atoms with Crippen LogP contribution in [0, 0.1) is 35.5 Å². The smallest absolute Gasteiger partial charge is 0.310 e. The summed E-state index contributed by atoms with van der Waals surface area (Å²) in [6.07, 6.45) is 9.80. The van der Waals surface area contributed by atoms with Crippen LogP contribution in [0.5, 0.6) is 0 Å². The first-order valence-electron chi connectivity index (χ1n) is 48.4. The van der Waals surface area contributed by atoms with E-state index >= 15 is 0 Å². The number of halogens is 8. The molecule has 34 heteroatoms. The summed E-state index contributed by atoms with van der Waals surface area (Å²) < 4.78 is 30.1. The van der Waals surface area contributed by atoms with E-state index in [-0.39, 0.29) is 107 Å². The number of benzene rings is 6. The third kappa shape index (κ3) is 41.8. The van der Waals surface area contributed by atoms with Crippen molar-refractivity contribution < 1.29 is 57.2 Å². The summed E-state index contributed by atoms with van der Waals surface area (Å²) in [4.78, 5) is 91.7. The molecule has 6 heterocycles. The van der Waals surface area contributed by atoms with Gasteiger partial charge in [0.2, 0.25) is 0 Å². The number of carbonyl (C=O) groups is 6. The SMILES string of the molecule is COC(=O)C1CN(C)CCC1c1ccc(Cl)cc1.COC(=O)C1CN(CCCCl)CCC1c1ccc(Cl)cc1.COC(=O)C1CN(CCCN(CCS)CCNCCS)CCC1c1ccc(Cl)cc1.COC(=O)[C@H]1CN(C)CCC1c1ccc(Cl)cc1.COC(=O)[C@H]1CN(CCCCl)CCC1c1ccc(Cl)cc1.COC(=O)[C@H]1CN(CCCN(CCS)CCNCCS)CCC1c1ccc(Cl)cc1. The second-order valence-corrected chi connectivity index (χ2v) is 41.2. The number of rotatable bonds is 40. The molecule has 6 aliphatic rings. The van der Waals surface area contributed by atoms with Crippen molar-refractivity contribution in [1.82, 2.24) is 49.8 Å². The Labute approximate surface area is 884 Å². The topological polar surface area (TPSA) is 208 Å². The minimum Gasteiger partial charge on any atom is -0.469 e.